The summed E-state index contributed by atoms with van der Waals surface area (Å²) < 4.78 is 0. The highest BCUT2D eigenvalue weighted by Crippen LogP contribution is 2.25. The number of H-pyrrole nitrogens is 1. The molecule has 0 fully saturated rings. The predicted octanol–water partition coefficient (Wildman–Crippen LogP) is 4.46. The van der Waals surface area contributed by atoms with Crippen molar-refractivity contribution in [1.29, 1.82) is 0 Å². The third-order valence-corrected chi connectivity index (χ3v) is 3.42. The Morgan fingerprint density at radius 2 is 1.42 bits per heavy atom. The van der Waals surface area contributed by atoms with Crippen molar-refractivity contribution in [2.45, 2.75) is 27.7 Å². The molecule has 0 aliphatic heterocycles. The van der Waals surface area contributed by atoms with Crippen molar-refractivity contribution in [2.24, 2.45) is 0 Å². The van der Waals surface area contributed by atoms with Crippen molar-refractivity contribution in [1.82, 2.24) is 9.97 Å². The summed E-state index contributed by atoms with van der Waals surface area (Å²) in [5.41, 5.74) is 8.37. The highest BCUT2D eigenvalue weighted by molar-refractivity contribution is 5.83. The van der Waals surface area contributed by atoms with E-state index in [2.05, 4.69) is 63.0 Å². The number of fused-ring (bicyclic) bond motifs is 1. The van der Waals surface area contributed by atoms with Gasteiger partial charge in [-0.2, -0.15) is 0 Å². The van der Waals surface area contributed by atoms with E-state index in [0.29, 0.717) is 0 Å². The number of aryl methyl sites for hydroxylation is 4. The fourth-order valence-electron chi connectivity index (χ4n) is 2.72. The SMILES string of the molecule is Cc1cc(C)cc(-c2nc3c(C)cc(C)cc3[nH]2)c1. The minimum Gasteiger partial charge on any atom is -0.338 e. The molecule has 2 nitrogen and oxygen atoms in total. The van der Waals surface area contributed by atoms with Gasteiger partial charge in [-0.15, -0.1) is 0 Å². The van der Waals surface area contributed by atoms with Crippen LogP contribution in [0.4, 0.5) is 0 Å². The molecule has 1 aromatic heterocycles. The fraction of sp³-hybridized carbons (Fsp3) is 0.235. The number of aromatic amines is 1. The molecule has 96 valence electrons. The molecule has 0 amide bonds. The summed E-state index contributed by atoms with van der Waals surface area (Å²) in [7, 11) is 0. The van der Waals surface area contributed by atoms with E-state index in [9.17, 15) is 0 Å². The number of benzene rings is 2. The molecule has 2 heteroatoms. The van der Waals surface area contributed by atoms with Crippen LogP contribution in [0.25, 0.3) is 22.4 Å². The third-order valence-electron chi connectivity index (χ3n) is 3.42. The molecular formula is C17H18N2. The zero-order chi connectivity index (χ0) is 13.6. The van der Waals surface area contributed by atoms with Crippen LogP contribution in [-0.4, -0.2) is 9.97 Å². The second-order valence-corrected chi connectivity index (χ2v) is 5.44. The van der Waals surface area contributed by atoms with E-state index in [1.54, 1.807) is 0 Å². The molecule has 0 atom stereocenters. The van der Waals surface area contributed by atoms with Gasteiger partial charge in [-0.05, 0) is 57.0 Å². The number of hydrogen-bond acceptors (Lipinski definition) is 1. The van der Waals surface area contributed by atoms with Gasteiger partial charge in [0.2, 0.25) is 0 Å². The summed E-state index contributed by atoms with van der Waals surface area (Å²) in [4.78, 5) is 8.19. The number of nitrogens with one attached hydrogen (secondary N) is 1. The van der Waals surface area contributed by atoms with E-state index in [1.807, 2.05) is 0 Å². The molecular weight excluding hydrogens is 232 g/mol. The van der Waals surface area contributed by atoms with Crippen LogP contribution in [0.15, 0.2) is 30.3 Å². The first-order valence-electron chi connectivity index (χ1n) is 6.58. The van der Waals surface area contributed by atoms with E-state index in [1.165, 1.54) is 22.3 Å². The lowest BCUT2D eigenvalue weighted by Gasteiger charge is -2.01. The van der Waals surface area contributed by atoms with Crippen LogP contribution in [0.2, 0.25) is 0 Å². The molecule has 0 bridgehead atoms. The minimum atomic E-state index is 0.954. The van der Waals surface area contributed by atoms with E-state index < -0.39 is 0 Å². The molecule has 3 rings (SSSR count). The number of imidazole rings is 1. The lowest BCUT2D eigenvalue weighted by Crippen LogP contribution is -1.84. The summed E-state index contributed by atoms with van der Waals surface area (Å²) in [5, 5.41) is 0. The van der Waals surface area contributed by atoms with Crippen LogP contribution in [0.5, 0.6) is 0 Å². The number of nitrogens with zero attached hydrogens (tertiary/aromatic N) is 1. The van der Waals surface area contributed by atoms with Crippen molar-refractivity contribution < 1.29 is 0 Å². The molecule has 0 aliphatic carbocycles. The zero-order valence-electron chi connectivity index (χ0n) is 11.8. The smallest absolute Gasteiger partial charge is 0.138 e. The average molecular weight is 250 g/mol. The van der Waals surface area contributed by atoms with Gasteiger partial charge in [0.05, 0.1) is 11.0 Å². The van der Waals surface area contributed by atoms with Gasteiger partial charge in [-0.3, -0.25) is 0 Å². The van der Waals surface area contributed by atoms with E-state index in [4.69, 9.17) is 4.98 Å². The van der Waals surface area contributed by atoms with Crippen molar-refractivity contribution >= 4 is 11.0 Å². The van der Waals surface area contributed by atoms with Crippen LogP contribution in [0.3, 0.4) is 0 Å². The first-order chi connectivity index (χ1) is 9.02. The highest BCUT2D eigenvalue weighted by Gasteiger charge is 2.08. The fourth-order valence-corrected chi connectivity index (χ4v) is 2.72. The van der Waals surface area contributed by atoms with Crippen LogP contribution >= 0.6 is 0 Å². The monoisotopic (exact) mass is 250 g/mol. The van der Waals surface area contributed by atoms with E-state index in [0.717, 1.165) is 22.4 Å². The normalized spacial score (nSPS) is 11.2. The Kier molecular flexibility index (Phi) is 2.67. The molecule has 0 spiro atoms. The Morgan fingerprint density at radius 3 is 2.11 bits per heavy atom. The molecule has 0 saturated carbocycles. The molecule has 0 radical (unpaired) electrons. The number of rotatable bonds is 1. The summed E-state index contributed by atoms with van der Waals surface area (Å²) in [5.74, 6) is 0.954. The van der Waals surface area contributed by atoms with E-state index in [-0.39, 0.29) is 0 Å². The van der Waals surface area contributed by atoms with Gasteiger partial charge in [0.1, 0.15) is 5.82 Å². The van der Waals surface area contributed by atoms with Gasteiger partial charge in [0, 0.05) is 5.56 Å². The molecule has 1 heterocycles. The quantitative estimate of drug-likeness (QED) is 0.678. The number of aromatic nitrogens is 2. The van der Waals surface area contributed by atoms with Gasteiger partial charge >= 0.3 is 0 Å². The van der Waals surface area contributed by atoms with Crippen LogP contribution < -0.4 is 0 Å². The summed E-state index contributed by atoms with van der Waals surface area (Å²) in [6.07, 6.45) is 0. The summed E-state index contributed by atoms with van der Waals surface area (Å²) >= 11 is 0. The van der Waals surface area contributed by atoms with Gasteiger partial charge in [-0.1, -0.05) is 23.3 Å². The number of hydrogen-bond donors (Lipinski definition) is 1. The van der Waals surface area contributed by atoms with Crippen molar-refractivity contribution in [2.75, 3.05) is 0 Å². The van der Waals surface area contributed by atoms with Gasteiger partial charge in [-0.25, -0.2) is 4.98 Å². The predicted molar refractivity (Wildman–Crippen MR) is 80.5 cm³/mol. The average Bonchev–Trinajstić information content (AvgIpc) is 2.71. The van der Waals surface area contributed by atoms with Gasteiger partial charge in [0.25, 0.3) is 0 Å². The maximum atomic E-state index is 4.75. The maximum Gasteiger partial charge on any atom is 0.138 e. The first kappa shape index (κ1) is 12.0. The van der Waals surface area contributed by atoms with Crippen LogP contribution in [-0.2, 0) is 0 Å². The molecule has 3 aromatic rings. The van der Waals surface area contributed by atoms with Crippen molar-refractivity contribution in [3.8, 4) is 11.4 Å². The lowest BCUT2D eigenvalue weighted by atomic mass is 10.1. The Balaban J connectivity index is 2.23. The molecule has 2 aromatic carbocycles. The standard InChI is InChI=1S/C17H18N2/c1-10-5-11(2)8-14(7-10)17-18-15-9-12(3)6-13(4)16(15)19-17/h5-9H,1-4H3,(H,18,19). The molecule has 0 unspecified atom stereocenters. The van der Waals surface area contributed by atoms with Crippen LogP contribution in [0, 0.1) is 27.7 Å². The molecule has 0 saturated heterocycles. The van der Waals surface area contributed by atoms with Gasteiger partial charge in [0.15, 0.2) is 0 Å². The molecule has 1 N–H and O–H groups in total. The Bertz CT molecular complexity index is 746. The summed E-state index contributed by atoms with van der Waals surface area (Å²) in [6, 6.07) is 10.9. The zero-order valence-corrected chi connectivity index (χ0v) is 11.8. The lowest BCUT2D eigenvalue weighted by molar-refractivity contribution is 1.30. The minimum absolute atomic E-state index is 0.954. The van der Waals surface area contributed by atoms with Crippen molar-refractivity contribution in [3.05, 3.63) is 52.6 Å². The second-order valence-electron chi connectivity index (χ2n) is 5.44. The largest absolute Gasteiger partial charge is 0.338 e. The summed E-state index contributed by atoms with van der Waals surface area (Å²) in [6.45, 7) is 8.47. The Labute approximate surface area is 113 Å². The van der Waals surface area contributed by atoms with Gasteiger partial charge < -0.3 is 4.98 Å². The topological polar surface area (TPSA) is 28.7 Å². The van der Waals surface area contributed by atoms with E-state index >= 15 is 0 Å². The Morgan fingerprint density at radius 1 is 0.789 bits per heavy atom. The van der Waals surface area contributed by atoms with Crippen molar-refractivity contribution in [3.63, 3.8) is 0 Å². The third kappa shape index (κ3) is 2.14. The molecule has 19 heavy (non-hydrogen) atoms. The maximum absolute atomic E-state index is 4.75. The highest BCUT2D eigenvalue weighted by atomic mass is 14.9. The Hall–Kier alpha value is -2.09. The van der Waals surface area contributed by atoms with Crippen LogP contribution in [0.1, 0.15) is 22.3 Å². The molecule has 0 aliphatic rings. The first-order valence-corrected chi connectivity index (χ1v) is 6.58. The second kappa shape index (κ2) is 4.23.